The fourth-order valence-corrected chi connectivity index (χ4v) is 1.24. The van der Waals surface area contributed by atoms with Crippen molar-refractivity contribution in [3.8, 4) is 0 Å². The van der Waals surface area contributed by atoms with Crippen molar-refractivity contribution in [3.63, 3.8) is 0 Å². The van der Waals surface area contributed by atoms with E-state index in [4.69, 9.17) is 5.11 Å². The maximum atomic E-state index is 13.5. The molecule has 0 radical (unpaired) electrons. The van der Waals surface area contributed by atoms with Crippen LogP contribution >= 0.6 is 0 Å². The molecule has 0 aliphatic rings. The van der Waals surface area contributed by atoms with E-state index in [0.717, 1.165) is 6.07 Å². The Balaban J connectivity index is 2.68. The minimum Gasteiger partial charge on any atom is -0.478 e. The van der Waals surface area contributed by atoms with Crippen molar-refractivity contribution >= 4 is 17.6 Å². The summed E-state index contributed by atoms with van der Waals surface area (Å²) in [5.74, 6) is -2.37. The molecule has 0 heterocycles. The Bertz CT molecular complexity index is 461. The van der Waals surface area contributed by atoms with Crippen molar-refractivity contribution in [2.75, 3.05) is 11.9 Å². The second-order valence-electron chi connectivity index (χ2n) is 4.08. The molecule has 1 rings (SSSR count). The van der Waals surface area contributed by atoms with Gasteiger partial charge in [-0.25, -0.2) is 9.18 Å². The molecule has 0 unspecified atom stereocenters. The third kappa shape index (κ3) is 4.14. The first kappa shape index (κ1) is 14.1. The normalized spacial score (nSPS) is 10.4. The Morgan fingerprint density at radius 3 is 2.56 bits per heavy atom. The molecular formula is C12H15FN2O3. The number of rotatable bonds is 5. The van der Waals surface area contributed by atoms with Gasteiger partial charge in [-0.15, -0.1) is 0 Å². The quantitative estimate of drug-likeness (QED) is 0.743. The lowest BCUT2D eigenvalue weighted by atomic mass is 10.2. The number of benzene rings is 1. The van der Waals surface area contributed by atoms with Gasteiger partial charge in [0.05, 0.1) is 17.8 Å². The molecule has 0 bridgehead atoms. The molecule has 0 aliphatic carbocycles. The van der Waals surface area contributed by atoms with Crippen LogP contribution in [0.2, 0.25) is 0 Å². The zero-order valence-corrected chi connectivity index (χ0v) is 10.2. The van der Waals surface area contributed by atoms with Crippen molar-refractivity contribution < 1.29 is 19.1 Å². The van der Waals surface area contributed by atoms with Crippen molar-refractivity contribution in [1.29, 1.82) is 0 Å². The monoisotopic (exact) mass is 254 g/mol. The zero-order valence-electron chi connectivity index (χ0n) is 10.2. The van der Waals surface area contributed by atoms with Crippen LogP contribution in [0.4, 0.5) is 10.1 Å². The van der Waals surface area contributed by atoms with Crippen LogP contribution in [0.15, 0.2) is 18.2 Å². The van der Waals surface area contributed by atoms with Crippen LogP contribution in [0, 0.1) is 5.82 Å². The molecule has 0 saturated heterocycles. The van der Waals surface area contributed by atoms with E-state index in [0.29, 0.717) is 0 Å². The summed E-state index contributed by atoms with van der Waals surface area (Å²) in [5, 5.41) is 13.9. The lowest BCUT2D eigenvalue weighted by Gasteiger charge is -2.09. The summed E-state index contributed by atoms with van der Waals surface area (Å²) >= 11 is 0. The largest absolute Gasteiger partial charge is 0.478 e. The number of carbonyl (C=O) groups excluding carboxylic acids is 1. The summed E-state index contributed by atoms with van der Waals surface area (Å²) in [7, 11) is 0. The average molecular weight is 254 g/mol. The van der Waals surface area contributed by atoms with E-state index in [2.05, 4.69) is 10.6 Å². The SMILES string of the molecule is CC(C)NCC(=O)Nc1ccc(C(=O)O)cc1F. The number of carboxylic acid groups (broad SMARTS) is 1. The number of nitrogens with one attached hydrogen (secondary N) is 2. The number of halogens is 1. The highest BCUT2D eigenvalue weighted by molar-refractivity contribution is 5.93. The molecule has 1 aromatic rings. The van der Waals surface area contributed by atoms with E-state index >= 15 is 0 Å². The predicted octanol–water partition coefficient (Wildman–Crippen LogP) is 1.46. The van der Waals surface area contributed by atoms with E-state index in [-0.39, 0.29) is 29.7 Å². The van der Waals surface area contributed by atoms with Crippen molar-refractivity contribution in [2.45, 2.75) is 19.9 Å². The van der Waals surface area contributed by atoms with Crippen LogP contribution in [0.1, 0.15) is 24.2 Å². The highest BCUT2D eigenvalue weighted by Gasteiger charge is 2.10. The number of hydrogen-bond acceptors (Lipinski definition) is 3. The van der Waals surface area contributed by atoms with Crippen LogP contribution in [-0.2, 0) is 4.79 Å². The first-order valence-corrected chi connectivity index (χ1v) is 5.46. The van der Waals surface area contributed by atoms with Crippen molar-refractivity contribution in [2.24, 2.45) is 0 Å². The summed E-state index contributed by atoms with van der Waals surface area (Å²) < 4.78 is 13.5. The molecule has 0 spiro atoms. The summed E-state index contributed by atoms with van der Waals surface area (Å²) in [6.45, 7) is 3.84. The molecule has 3 N–H and O–H groups in total. The van der Waals surface area contributed by atoms with Gasteiger partial charge in [0, 0.05) is 6.04 Å². The molecule has 0 saturated carbocycles. The Labute approximate surface area is 104 Å². The van der Waals surface area contributed by atoms with Crippen LogP contribution in [-0.4, -0.2) is 29.6 Å². The third-order valence-corrected chi connectivity index (χ3v) is 2.16. The maximum absolute atomic E-state index is 13.5. The van der Waals surface area contributed by atoms with Gasteiger partial charge in [-0.2, -0.15) is 0 Å². The van der Waals surface area contributed by atoms with Crippen molar-refractivity contribution in [1.82, 2.24) is 5.32 Å². The first-order chi connectivity index (χ1) is 8.40. The molecule has 0 atom stereocenters. The summed E-state index contributed by atoms with van der Waals surface area (Å²) in [5.41, 5.74) is -0.193. The van der Waals surface area contributed by atoms with Gasteiger partial charge in [-0.3, -0.25) is 4.79 Å². The molecule has 0 aliphatic heterocycles. The van der Waals surface area contributed by atoms with Gasteiger partial charge >= 0.3 is 5.97 Å². The molecule has 1 aromatic carbocycles. The Morgan fingerprint density at radius 1 is 1.39 bits per heavy atom. The lowest BCUT2D eigenvalue weighted by molar-refractivity contribution is -0.115. The number of carboxylic acids is 1. The van der Waals surface area contributed by atoms with Gasteiger partial charge in [0.15, 0.2) is 0 Å². The minimum atomic E-state index is -1.21. The second kappa shape index (κ2) is 6.11. The molecule has 1 amide bonds. The average Bonchev–Trinajstić information content (AvgIpc) is 2.29. The molecule has 18 heavy (non-hydrogen) atoms. The van der Waals surface area contributed by atoms with E-state index in [1.165, 1.54) is 12.1 Å². The number of amides is 1. The molecule has 98 valence electrons. The second-order valence-corrected chi connectivity index (χ2v) is 4.08. The summed E-state index contributed by atoms with van der Waals surface area (Å²) in [6, 6.07) is 3.48. The van der Waals surface area contributed by atoms with Crippen LogP contribution in [0.3, 0.4) is 0 Å². The topological polar surface area (TPSA) is 78.4 Å². The van der Waals surface area contributed by atoms with E-state index in [1.807, 2.05) is 13.8 Å². The number of anilines is 1. The molecule has 0 aromatic heterocycles. The number of hydrogen-bond donors (Lipinski definition) is 3. The lowest BCUT2D eigenvalue weighted by Crippen LogP contribution is -2.32. The number of carbonyl (C=O) groups is 2. The van der Waals surface area contributed by atoms with Gasteiger partial charge < -0.3 is 15.7 Å². The van der Waals surface area contributed by atoms with Crippen LogP contribution in [0.5, 0.6) is 0 Å². The standard InChI is InChI=1S/C12H15FN2O3/c1-7(2)14-6-11(16)15-10-4-3-8(12(17)18)5-9(10)13/h3-5,7,14H,6H2,1-2H3,(H,15,16)(H,17,18). The number of aromatic carboxylic acids is 1. The minimum absolute atomic E-state index is 0.0319. The van der Waals surface area contributed by atoms with Gasteiger partial charge in [-0.05, 0) is 18.2 Å². The van der Waals surface area contributed by atoms with Gasteiger partial charge in [0.1, 0.15) is 5.82 Å². The highest BCUT2D eigenvalue weighted by atomic mass is 19.1. The molecule has 6 heteroatoms. The Morgan fingerprint density at radius 2 is 2.06 bits per heavy atom. The fraction of sp³-hybridized carbons (Fsp3) is 0.333. The van der Waals surface area contributed by atoms with Crippen LogP contribution in [0.25, 0.3) is 0 Å². The van der Waals surface area contributed by atoms with E-state index in [9.17, 15) is 14.0 Å². The van der Waals surface area contributed by atoms with Crippen LogP contribution < -0.4 is 10.6 Å². The van der Waals surface area contributed by atoms with Gasteiger partial charge in [-0.1, -0.05) is 13.8 Å². The predicted molar refractivity (Wildman–Crippen MR) is 65.1 cm³/mol. The summed E-state index contributed by atoms with van der Waals surface area (Å²) in [4.78, 5) is 22.0. The van der Waals surface area contributed by atoms with Gasteiger partial charge in [0.2, 0.25) is 5.91 Å². The summed E-state index contributed by atoms with van der Waals surface area (Å²) in [6.07, 6.45) is 0. The zero-order chi connectivity index (χ0) is 13.7. The Hall–Kier alpha value is -1.95. The van der Waals surface area contributed by atoms with Gasteiger partial charge in [0.25, 0.3) is 0 Å². The third-order valence-electron chi connectivity index (χ3n) is 2.16. The molecule has 0 fully saturated rings. The first-order valence-electron chi connectivity index (χ1n) is 5.46. The van der Waals surface area contributed by atoms with Crippen molar-refractivity contribution in [3.05, 3.63) is 29.6 Å². The molecule has 5 nitrogen and oxygen atoms in total. The van der Waals surface area contributed by atoms with E-state index < -0.39 is 11.8 Å². The van der Waals surface area contributed by atoms with E-state index in [1.54, 1.807) is 0 Å². The molecular weight excluding hydrogens is 239 g/mol. The highest BCUT2D eigenvalue weighted by Crippen LogP contribution is 2.15. The fourth-order valence-electron chi connectivity index (χ4n) is 1.24. The maximum Gasteiger partial charge on any atom is 0.335 e. The Kier molecular flexibility index (Phi) is 4.79. The smallest absolute Gasteiger partial charge is 0.335 e.